The Kier molecular flexibility index (Phi) is 58.8. The van der Waals surface area contributed by atoms with Crippen molar-refractivity contribution in [1.29, 1.82) is 0 Å². The molecule has 0 rings (SSSR count). The van der Waals surface area contributed by atoms with E-state index in [1.54, 1.807) is 14.2 Å². The number of hydrogen-bond donors (Lipinski definition) is 0. The average molecular weight is 2180 g/mol. The molecule has 0 radical (unpaired) electrons. The topological polar surface area (TPSA) is 265 Å². The summed E-state index contributed by atoms with van der Waals surface area (Å²) in [7, 11) is -54.2. The number of methoxy groups -OCH3 is 2. The van der Waals surface area contributed by atoms with E-state index in [0.29, 0.717) is 39.3 Å². The van der Waals surface area contributed by atoms with E-state index in [1.165, 1.54) is 38.5 Å². The molecule has 0 N–H and O–H groups in total. The predicted octanol–water partition coefficient (Wildman–Crippen LogP) is 25.8. The largest absolute Gasteiger partial charge is 0.463 e. The van der Waals surface area contributed by atoms with E-state index in [-0.39, 0.29) is 24.1 Å². The lowest BCUT2D eigenvalue weighted by Gasteiger charge is -2.45. The van der Waals surface area contributed by atoms with E-state index in [9.17, 15) is 9.59 Å². The smallest absolute Gasteiger partial charge is 0.323 e. The second-order valence-corrected chi connectivity index (χ2v) is 116. The predicted molar refractivity (Wildman–Crippen MR) is 575 cm³/mol. The van der Waals surface area contributed by atoms with Crippen molar-refractivity contribution in [1.82, 2.24) is 0 Å². The molecule has 27 nitrogen and oxygen atoms in total. The summed E-state index contributed by atoms with van der Waals surface area (Å²) in [5, 5.41) is 0. The van der Waals surface area contributed by atoms with Crippen LogP contribution in [0.15, 0.2) is 24.3 Å². The Hall–Kier alpha value is 1.84. The molecule has 0 heterocycles. The molecule has 47 heteroatoms. The first-order valence-corrected chi connectivity index (χ1v) is 105. The molecule has 0 aromatic rings. The molecule has 0 saturated carbocycles. The molecule has 768 valence electrons. The highest BCUT2D eigenvalue weighted by Gasteiger charge is 2.56. The number of allylic oxidation sites excluding steroid dienone is 2. The van der Waals surface area contributed by atoms with Crippen molar-refractivity contribution in [3.05, 3.63) is 24.3 Å². The number of hydrogen-bond acceptors (Lipinski definition) is 27. The highest BCUT2D eigenvalue weighted by Crippen LogP contribution is 2.37. The van der Waals surface area contributed by atoms with Gasteiger partial charge >= 0.3 is 183 Å². The zero-order valence-electron chi connectivity index (χ0n) is 90.7. The van der Waals surface area contributed by atoms with Gasteiger partial charge in [-0.15, -0.1) is 0 Å². The molecule has 0 aromatic carbocycles. The molecule has 0 bridgehead atoms. The molecular formula is C82H198O27Si20. The van der Waals surface area contributed by atoms with E-state index in [2.05, 4.69) is 300 Å². The van der Waals surface area contributed by atoms with Crippen LogP contribution in [0.3, 0.4) is 0 Å². The molecule has 2 atom stereocenters. The fourth-order valence-corrected chi connectivity index (χ4v) is 120. The monoisotopic (exact) mass is 2170 g/mol. The number of unbranched alkanes of at least 4 members (excludes halogenated alkanes) is 16. The van der Waals surface area contributed by atoms with Crippen molar-refractivity contribution in [2.75, 3.05) is 40.6 Å². The normalized spacial score (nSPS) is 15.2. The molecule has 0 unspecified atom stereocenters. The van der Waals surface area contributed by atoms with Crippen LogP contribution in [0.2, 0.25) is 262 Å². The van der Waals surface area contributed by atoms with Gasteiger partial charge in [0, 0.05) is 27.1 Å². The van der Waals surface area contributed by atoms with Gasteiger partial charge in [-0.3, -0.25) is 9.59 Å². The number of carbonyl (C=O) groups is 2. The maximum absolute atomic E-state index is 11.9. The fourth-order valence-electron chi connectivity index (χ4n) is 18.0. The van der Waals surface area contributed by atoms with Crippen molar-refractivity contribution < 1.29 is 116 Å². The maximum Gasteiger partial charge on any atom is 0.323 e. The number of esters is 2. The van der Waals surface area contributed by atoms with Gasteiger partial charge in [-0.2, -0.15) is 0 Å². The first kappa shape index (κ1) is 131. The molecular weight excluding hydrogens is 1980 g/mol. The summed E-state index contributed by atoms with van der Waals surface area (Å²) in [4.78, 5) is 23.8. The van der Waals surface area contributed by atoms with Crippen LogP contribution in [0.1, 0.15) is 181 Å². The SMILES string of the molecule is CCCCCC[C@H](C/C=C\CCCCCCCC(=O)OCCOC)O[Si](C)(C)O[Si](C)(C)O[Si](C)(C)O[Si](C)(C)O[Si](C)(C)O[Si](C)(C)O[Si](C)(C)O[Si](C)(C)O[Si](C)(C)O[Si](C)(C)O[Si](C)(C)O[Si](C)(C)O[Si](C)(C)O[Si](C)(C)O[Si](C)(C)O[Si](C)(C)O[Si](C)(C)O[Si](C)(C)O[Si](C)(C)O[Si](C)(C)O[C@@H](C/C=C\CCCCCCCC(=O)OCCOC)CCCCCC. The standard InChI is InChI=1S/C82H198O27Si20/c1-45-47-49-63-69-79(71-65-59-55-51-53-57-61-67-73-81(83)87-77-75-85-3)89-110(5,6)91-112(9,10)93-114(13,14)95-116(17,18)97-118(21,22)99-120(25,26)101-122(29,30)103-124(33,34)105-126(37,38)107-128(41,42)109-129(43,44)108-127(39,40)106-125(35,36)104-123(31,32)102-121(27,28)100-119(23,24)98-117(19,20)96-115(15,16)94-113(11,12)92-111(7,8)90-80(70-64-50-48-46-2)72-66-60-56-52-54-58-62-68-74-82(84)88-78-76-86-4/h59-60,65-66,79-80H,45-58,61-64,67-78H2,1-44H3/b65-59-,66-60-/t79-,80-/m1/s1. The van der Waals surface area contributed by atoms with Crippen LogP contribution >= 0.6 is 0 Å². The second-order valence-electron chi connectivity index (χ2n) is 43.6. The third kappa shape index (κ3) is 70.2. The van der Waals surface area contributed by atoms with Crippen molar-refractivity contribution >= 4 is 183 Å². The minimum Gasteiger partial charge on any atom is -0.463 e. The Morgan fingerprint density at radius 3 is 0.566 bits per heavy atom. The molecule has 0 spiro atoms. The zero-order chi connectivity index (χ0) is 100. The summed E-state index contributed by atoms with van der Waals surface area (Å²) in [5.41, 5.74) is 0. The van der Waals surface area contributed by atoms with Gasteiger partial charge in [0.05, 0.1) is 25.4 Å². The summed E-state index contributed by atoms with van der Waals surface area (Å²) in [6, 6.07) is 0. The van der Waals surface area contributed by atoms with Crippen LogP contribution in [0, 0.1) is 0 Å². The molecule has 0 aliphatic heterocycles. The van der Waals surface area contributed by atoms with E-state index in [4.69, 9.17) is 106 Å². The summed E-state index contributed by atoms with van der Waals surface area (Å²) in [6.07, 6.45) is 36.0. The van der Waals surface area contributed by atoms with Gasteiger partial charge in [-0.1, -0.05) is 128 Å². The highest BCUT2D eigenvalue weighted by atomic mass is 28.6. The fraction of sp³-hybridized carbons (Fsp3) is 0.927. The van der Waals surface area contributed by atoms with E-state index in [1.807, 2.05) is 0 Å². The van der Waals surface area contributed by atoms with Gasteiger partial charge in [-0.05, 0) is 326 Å². The van der Waals surface area contributed by atoms with Crippen LogP contribution in [-0.2, 0) is 116 Å². The molecule has 0 aliphatic rings. The summed E-state index contributed by atoms with van der Waals surface area (Å²) < 4.78 is 168. The van der Waals surface area contributed by atoms with Crippen LogP contribution < -0.4 is 0 Å². The minimum absolute atomic E-state index is 0.0679. The summed E-state index contributed by atoms with van der Waals surface area (Å²) in [6.45, 7) is 89.2. The van der Waals surface area contributed by atoms with Gasteiger partial charge in [0.25, 0.3) is 0 Å². The third-order valence-electron chi connectivity index (χ3n) is 18.7. The quantitative estimate of drug-likeness (QED) is 0.0237. The van der Waals surface area contributed by atoms with Crippen LogP contribution in [0.4, 0.5) is 0 Å². The summed E-state index contributed by atoms with van der Waals surface area (Å²) in [5.74, 6) is -0.284. The Morgan fingerprint density at radius 2 is 0.380 bits per heavy atom. The molecule has 0 saturated heterocycles. The molecule has 129 heavy (non-hydrogen) atoms. The van der Waals surface area contributed by atoms with Gasteiger partial charge in [0.15, 0.2) is 0 Å². The number of rotatable bonds is 78. The first-order chi connectivity index (χ1) is 58.2. The summed E-state index contributed by atoms with van der Waals surface area (Å²) >= 11 is 0. The lowest BCUT2D eigenvalue weighted by atomic mass is 10.1. The Balaban J connectivity index is 5.83. The molecule has 0 aliphatic carbocycles. The lowest BCUT2D eigenvalue weighted by Crippen LogP contribution is -2.63. The van der Waals surface area contributed by atoms with Gasteiger partial charge < -0.3 is 106 Å². The van der Waals surface area contributed by atoms with Crippen LogP contribution in [0.5, 0.6) is 0 Å². The average Bonchev–Trinajstić information content (AvgIpc) is 0.795. The van der Waals surface area contributed by atoms with Gasteiger partial charge in [0.1, 0.15) is 13.2 Å². The minimum atomic E-state index is -2.93. The number of carbonyl (C=O) groups excluding carboxylic acids is 2. The molecule has 0 aromatic heterocycles. The van der Waals surface area contributed by atoms with Crippen molar-refractivity contribution in [3.8, 4) is 0 Å². The zero-order valence-corrected chi connectivity index (χ0v) is 111. The first-order valence-electron chi connectivity index (χ1n) is 48.5. The van der Waals surface area contributed by atoms with Crippen molar-refractivity contribution in [2.45, 2.75) is 455 Å². The van der Waals surface area contributed by atoms with Crippen molar-refractivity contribution in [3.63, 3.8) is 0 Å². The van der Waals surface area contributed by atoms with E-state index < -0.39 is 171 Å². The van der Waals surface area contributed by atoms with Gasteiger partial charge in [0.2, 0.25) is 0 Å². The molecule has 0 fully saturated rings. The Labute approximate surface area is 812 Å². The number of ether oxygens (including phenoxy) is 4. The van der Waals surface area contributed by atoms with E-state index >= 15 is 0 Å². The maximum atomic E-state index is 11.9. The second kappa shape index (κ2) is 58.0. The van der Waals surface area contributed by atoms with Crippen LogP contribution in [-0.4, -0.2) is 236 Å². The Bertz CT molecular complexity index is 2980. The van der Waals surface area contributed by atoms with Gasteiger partial charge in [-0.25, -0.2) is 0 Å². The lowest BCUT2D eigenvalue weighted by molar-refractivity contribution is -0.145. The molecule has 0 amide bonds. The Morgan fingerprint density at radius 1 is 0.209 bits per heavy atom. The third-order valence-corrected chi connectivity index (χ3v) is 95.3. The van der Waals surface area contributed by atoms with E-state index in [0.717, 1.165) is 116 Å². The van der Waals surface area contributed by atoms with Crippen LogP contribution in [0.25, 0.3) is 0 Å². The van der Waals surface area contributed by atoms with Crippen molar-refractivity contribution in [2.24, 2.45) is 0 Å². The highest BCUT2D eigenvalue weighted by molar-refractivity contribution is 6.96.